The van der Waals surface area contributed by atoms with Gasteiger partial charge in [-0.25, -0.2) is 4.98 Å². The van der Waals surface area contributed by atoms with Crippen molar-refractivity contribution in [1.82, 2.24) is 9.88 Å². The topological polar surface area (TPSA) is 79.5 Å². The third kappa shape index (κ3) is 3.22. The highest BCUT2D eigenvalue weighted by Gasteiger charge is 2.34. The Kier molecular flexibility index (Phi) is 3.90. The number of nitrogens with zero attached hydrogens (tertiary/aromatic N) is 2. The Bertz CT molecular complexity index is 652. The summed E-state index contributed by atoms with van der Waals surface area (Å²) in [5.74, 6) is 0.159. The van der Waals surface area contributed by atoms with Crippen LogP contribution >= 0.6 is 11.3 Å². The van der Waals surface area contributed by atoms with Crippen molar-refractivity contribution in [3.8, 4) is 5.75 Å². The van der Waals surface area contributed by atoms with Gasteiger partial charge in [0.15, 0.2) is 0 Å². The Hall–Kier alpha value is -1.92. The summed E-state index contributed by atoms with van der Waals surface area (Å²) in [6.07, 6.45) is 2.05. The predicted octanol–water partition coefficient (Wildman–Crippen LogP) is 2.11. The van der Waals surface area contributed by atoms with E-state index in [9.17, 15) is 9.90 Å². The highest BCUT2D eigenvalue weighted by atomic mass is 32.1. The molecule has 21 heavy (non-hydrogen) atoms. The number of hydrogen-bond acceptors (Lipinski definition) is 5. The van der Waals surface area contributed by atoms with Gasteiger partial charge in [0.2, 0.25) is 0 Å². The summed E-state index contributed by atoms with van der Waals surface area (Å²) in [6.45, 7) is 0.849. The second-order valence-corrected chi connectivity index (χ2v) is 6.11. The number of aromatic hydroxyl groups is 1. The van der Waals surface area contributed by atoms with Crippen LogP contribution in [0.3, 0.4) is 0 Å². The lowest BCUT2D eigenvalue weighted by Crippen LogP contribution is -2.32. The summed E-state index contributed by atoms with van der Waals surface area (Å²) >= 11 is 1.41. The van der Waals surface area contributed by atoms with Crippen molar-refractivity contribution in [3.05, 3.63) is 45.9 Å². The zero-order valence-corrected chi connectivity index (χ0v) is 12.3. The minimum atomic E-state index is -0.0585. The minimum Gasteiger partial charge on any atom is -0.508 e. The molecule has 3 rings (SSSR count). The predicted molar refractivity (Wildman–Crippen MR) is 81.0 cm³/mol. The molecule has 1 aromatic heterocycles. The molecule has 0 aliphatic heterocycles. The average Bonchev–Trinajstić information content (AvgIpc) is 3.20. The molecular formula is C15H17N3O2S. The molecule has 0 saturated heterocycles. The van der Waals surface area contributed by atoms with Crippen LogP contribution in [0.25, 0.3) is 0 Å². The molecule has 1 amide bonds. The fourth-order valence-electron chi connectivity index (χ4n) is 2.25. The van der Waals surface area contributed by atoms with E-state index in [1.54, 1.807) is 23.6 Å². The standard InChI is InChI=1S/C15H17N3O2S/c16-7-14-17-13(9-21-14)15(20)18(11-4-5-11)8-10-2-1-3-12(19)6-10/h1-3,6,9,11,19H,4-5,7-8,16H2. The van der Waals surface area contributed by atoms with Gasteiger partial charge in [-0.15, -0.1) is 11.3 Å². The van der Waals surface area contributed by atoms with Crippen molar-refractivity contribution in [2.45, 2.75) is 32.0 Å². The van der Waals surface area contributed by atoms with Gasteiger partial charge in [-0.3, -0.25) is 4.79 Å². The van der Waals surface area contributed by atoms with Gasteiger partial charge in [0.05, 0.1) is 0 Å². The summed E-state index contributed by atoms with van der Waals surface area (Å²) < 4.78 is 0. The number of hydrogen-bond donors (Lipinski definition) is 2. The molecule has 1 aliphatic carbocycles. The highest BCUT2D eigenvalue weighted by Crippen LogP contribution is 2.30. The van der Waals surface area contributed by atoms with Crippen molar-refractivity contribution < 1.29 is 9.90 Å². The SMILES string of the molecule is NCc1nc(C(=O)N(Cc2cccc(O)c2)C2CC2)cs1. The largest absolute Gasteiger partial charge is 0.508 e. The molecule has 1 saturated carbocycles. The molecule has 1 fully saturated rings. The van der Waals surface area contributed by atoms with Crippen molar-refractivity contribution in [3.63, 3.8) is 0 Å². The maximum absolute atomic E-state index is 12.6. The Morgan fingerprint density at radius 3 is 2.90 bits per heavy atom. The first-order chi connectivity index (χ1) is 10.2. The van der Waals surface area contributed by atoms with E-state index in [4.69, 9.17) is 5.73 Å². The lowest BCUT2D eigenvalue weighted by atomic mass is 10.2. The van der Waals surface area contributed by atoms with Crippen molar-refractivity contribution in [2.75, 3.05) is 0 Å². The van der Waals surface area contributed by atoms with Gasteiger partial charge < -0.3 is 15.7 Å². The molecule has 0 radical (unpaired) electrons. The smallest absolute Gasteiger partial charge is 0.273 e. The molecule has 6 heteroatoms. The Balaban J connectivity index is 1.79. The van der Waals surface area contributed by atoms with Crippen LogP contribution in [-0.2, 0) is 13.1 Å². The van der Waals surface area contributed by atoms with E-state index >= 15 is 0 Å². The number of phenolic OH excluding ortho intramolecular Hbond substituents is 1. The zero-order chi connectivity index (χ0) is 14.8. The summed E-state index contributed by atoms with van der Waals surface area (Å²) in [6, 6.07) is 7.29. The first-order valence-corrected chi connectivity index (χ1v) is 7.78. The number of nitrogens with two attached hydrogens (primary N) is 1. The van der Waals surface area contributed by atoms with Crippen molar-refractivity contribution >= 4 is 17.2 Å². The van der Waals surface area contributed by atoms with Crippen LogP contribution in [0, 0.1) is 0 Å². The van der Waals surface area contributed by atoms with Crippen LogP contribution in [-0.4, -0.2) is 26.9 Å². The van der Waals surface area contributed by atoms with Gasteiger partial charge in [-0.2, -0.15) is 0 Å². The third-order valence-corrected chi connectivity index (χ3v) is 4.33. The average molecular weight is 303 g/mol. The quantitative estimate of drug-likeness (QED) is 0.886. The monoisotopic (exact) mass is 303 g/mol. The van der Waals surface area contributed by atoms with E-state index < -0.39 is 0 Å². The molecular weight excluding hydrogens is 286 g/mol. The number of thiazole rings is 1. The second kappa shape index (κ2) is 5.83. The summed E-state index contributed by atoms with van der Waals surface area (Å²) in [4.78, 5) is 18.7. The van der Waals surface area contributed by atoms with Crippen LogP contribution in [0.15, 0.2) is 29.6 Å². The van der Waals surface area contributed by atoms with E-state index in [0.717, 1.165) is 23.4 Å². The number of amides is 1. The Morgan fingerprint density at radius 1 is 1.48 bits per heavy atom. The van der Waals surface area contributed by atoms with E-state index in [2.05, 4.69) is 4.98 Å². The molecule has 110 valence electrons. The van der Waals surface area contributed by atoms with Crippen LogP contribution in [0.2, 0.25) is 0 Å². The molecule has 2 aromatic rings. The fraction of sp³-hybridized carbons (Fsp3) is 0.333. The van der Waals surface area contributed by atoms with Crippen molar-refractivity contribution in [2.24, 2.45) is 5.73 Å². The lowest BCUT2D eigenvalue weighted by molar-refractivity contribution is 0.0724. The number of rotatable bonds is 5. The Labute approximate surface area is 127 Å². The van der Waals surface area contributed by atoms with Gasteiger partial charge in [-0.05, 0) is 30.5 Å². The maximum Gasteiger partial charge on any atom is 0.273 e. The van der Waals surface area contributed by atoms with Crippen LogP contribution in [0.5, 0.6) is 5.75 Å². The van der Waals surface area contributed by atoms with E-state index in [1.165, 1.54) is 11.3 Å². The minimum absolute atomic E-state index is 0.0585. The molecule has 0 atom stereocenters. The van der Waals surface area contributed by atoms with E-state index in [1.807, 2.05) is 11.0 Å². The molecule has 1 aromatic carbocycles. The summed E-state index contributed by atoms with van der Waals surface area (Å²) in [7, 11) is 0. The molecule has 5 nitrogen and oxygen atoms in total. The molecule has 0 spiro atoms. The number of benzene rings is 1. The first-order valence-electron chi connectivity index (χ1n) is 6.90. The van der Waals surface area contributed by atoms with Gasteiger partial charge >= 0.3 is 0 Å². The molecule has 0 bridgehead atoms. The van der Waals surface area contributed by atoms with Crippen molar-refractivity contribution in [1.29, 1.82) is 0 Å². The Morgan fingerprint density at radius 2 is 2.29 bits per heavy atom. The number of carbonyl (C=O) groups excluding carboxylic acids is 1. The maximum atomic E-state index is 12.6. The van der Waals surface area contributed by atoms with Gasteiger partial charge in [-0.1, -0.05) is 12.1 Å². The van der Waals surface area contributed by atoms with Crippen LogP contribution < -0.4 is 5.73 Å². The molecule has 1 heterocycles. The van der Waals surface area contributed by atoms with Crippen LogP contribution in [0.1, 0.15) is 33.9 Å². The van der Waals surface area contributed by atoms with Gasteiger partial charge in [0.1, 0.15) is 16.5 Å². The highest BCUT2D eigenvalue weighted by molar-refractivity contribution is 7.09. The van der Waals surface area contributed by atoms with E-state index in [-0.39, 0.29) is 17.7 Å². The summed E-state index contributed by atoms with van der Waals surface area (Å²) in [5.41, 5.74) is 6.93. The van der Waals surface area contributed by atoms with Gasteiger partial charge in [0, 0.05) is 24.5 Å². The van der Waals surface area contributed by atoms with Crippen LogP contribution in [0.4, 0.5) is 0 Å². The molecule has 0 unspecified atom stereocenters. The lowest BCUT2D eigenvalue weighted by Gasteiger charge is -2.21. The molecule has 3 N–H and O–H groups in total. The second-order valence-electron chi connectivity index (χ2n) is 5.16. The summed E-state index contributed by atoms with van der Waals surface area (Å²) in [5, 5.41) is 12.1. The number of aromatic nitrogens is 1. The number of carbonyl (C=O) groups is 1. The normalized spacial score (nSPS) is 14.1. The zero-order valence-electron chi connectivity index (χ0n) is 11.5. The van der Waals surface area contributed by atoms with E-state index in [0.29, 0.717) is 18.8 Å². The first kappa shape index (κ1) is 14.0. The van der Waals surface area contributed by atoms with Gasteiger partial charge in [0.25, 0.3) is 5.91 Å². The third-order valence-electron chi connectivity index (χ3n) is 3.46. The number of phenols is 1. The molecule has 1 aliphatic rings. The fourth-order valence-corrected chi connectivity index (χ4v) is 2.90.